The van der Waals surface area contributed by atoms with Gasteiger partial charge in [0.2, 0.25) is 0 Å². The second-order valence-corrected chi connectivity index (χ2v) is 8.88. The van der Waals surface area contributed by atoms with Gasteiger partial charge in [0, 0.05) is 28.8 Å². The van der Waals surface area contributed by atoms with Crippen molar-refractivity contribution in [3.05, 3.63) is 70.3 Å². The molecule has 0 atom stereocenters. The number of hydrogen-bond donors (Lipinski definition) is 3. The zero-order valence-corrected chi connectivity index (χ0v) is 16.3. The molecule has 0 saturated heterocycles. The Labute approximate surface area is 169 Å². The third kappa shape index (κ3) is 4.44. The number of amides is 1. The van der Waals surface area contributed by atoms with Gasteiger partial charge in [0.05, 0.1) is 9.82 Å². The van der Waals surface area contributed by atoms with Gasteiger partial charge >= 0.3 is 0 Å². The van der Waals surface area contributed by atoms with Crippen molar-refractivity contribution in [2.45, 2.75) is 9.79 Å². The average Bonchev–Trinajstić information content (AvgIpc) is 2.65. The third-order valence-corrected chi connectivity index (χ3v) is 5.77. The minimum absolute atomic E-state index is 0.0268. The molecule has 3 rings (SSSR count). The molecule has 0 aliphatic rings. The second kappa shape index (κ2) is 7.46. The van der Waals surface area contributed by atoms with E-state index in [2.05, 4.69) is 5.32 Å². The van der Waals surface area contributed by atoms with E-state index in [1.54, 1.807) is 0 Å². The van der Waals surface area contributed by atoms with Crippen LogP contribution in [-0.2, 0) is 20.2 Å². The Morgan fingerprint density at radius 3 is 2.23 bits per heavy atom. The van der Waals surface area contributed by atoms with Gasteiger partial charge in [-0.3, -0.25) is 24.0 Å². The highest BCUT2D eigenvalue weighted by Crippen LogP contribution is 2.30. The summed E-state index contributed by atoms with van der Waals surface area (Å²) in [6, 6.07) is 10.2. The number of carbonyl (C=O) groups is 1. The molecule has 1 amide bonds. The van der Waals surface area contributed by atoms with E-state index >= 15 is 0 Å². The average molecular weight is 452 g/mol. The molecule has 0 aromatic heterocycles. The number of rotatable bonds is 5. The summed E-state index contributed by atoms with van der Waals surface area (Å²) in [7, 11) is -9.64. The number of anilines is 1. The Kier molecular flexibility index (Phi) is 5.30. The molecule has 0 aliphatic carbocycles. The van der Waals surface area contributed by atoms with E-state index in [9.17, 15) is 40.8 Å². The molecule has 0 saturated carbocycles. The van der Waals surface area contributed by atoms with Crippen LogP contribution in [0, 0.1) is 10.1 Å². The molecule has 30 heavy (non-hydrogen) atoms. The van der Waals surface area contributed by atoms with E-state index in [0.717, 1.165) is 12.1 Å². The molecule has 3 aromatic rings. The van der Waals surface area contributed by atoms with Crippen molar-refractivity contribution in [1.29, 1.82) is 0 Å². The smallest absolute Gasteiger partial charge is 0.295 e. The fraction of sp³-hybridized carbons (Fsp3) is 0. The van der Waals surface area contributed by atoms with Gasteiger partial charge in [-0.1, -0.05) is 12.1 Å². The summed E-state index contributed by atoms with van der Waals surface area (Å²) in [6.45, 7) is 0. The molecular weight excluding hydrogens is 440 g/mol. The number of nitrogens with zero attached hydrogens (tertiary/aromatic N) is 1. The summed E-state index contributed by atoms with van der Waals surface area (Å²) in [4.78, 5) is 21.0. The van der Waals surface area contributed by atoms with E-state index in [4.69, 9.17) is 0 Å². The van der Waals surface area contributed by atoms with Crippen molar-refractivity contribution < 1.29 is 35.7 Å². The molecule has 0 bridgehead atoms. The van der Waals surface area contributed by atoms with Crippen molar-refractivity contribution in [2.24, 2.45) is 0 Å². The van der Waals surface area contributed by atoms with Crippen LogP contribution in [0.25, 0.3) is 10.8 Å². The molecule has 0 unspecified atom stereocenters. The maximum atomic E-state index is 12.4. The SMILES string of the molecule is O=C(Nc1ccc2cc(S(=O)(=O)O)cc(S(=O)(=O)O)c2c1)c1cccc([N+](=O)[O-])c1. The number of benzene rings is 3. The van der Waals surface area contributed by atoms with Crippen molar-refractivity contribution in [3.63, 3.8) is 0 Å². The Hall–Kier alpha value is -3.39. The van der Waals surface area contributed by atoms with Gasteiger partial charge in [-0.2, -0.15) is 16.8 Å². The molecule has 3 aromatic carbocycles. The first-order chi connectivity index (χ1) is 13.9. The van der Waals surface area contributed by atoms with E-state index in [-0.39, 0.29) is 27.7 Å². The van der Waals surface area contributed by atoms with Crippen LogP contribution in [0.3, 0.4) is 0 Å². The highest BCUT2D eigenvalue weighted by molar-refractivity contribution is 7.86. The number of nitro groups is 1. The lowest BCUT2D eigenvalue weighted by molar-refractivity contribution is -0.384. The zero-order valence-electron chi connectivity index (χ0n) is 14.7. The Morgan fingerprint density at radius 2 is 1.63 bits per heavy atom. The second-order valence-electron chi connectivity index (χ2n) is 6.07. The molecule has 0 spiro atoms. The molecule has 11 nitrogen and oxygen atoms in total. The first-order valence-electron chi connectivity index (χ1n) is 7.95. The van der Waals surface area contributed by atoms with Crippen LogP contribution in [0.1, 0.15) is 10.4 Å². The highest BCUT2D eigenvalue weighted by atomic mass is 32.2. The van der Waals surface area contributed by atoms with Crippen LogP contribution in [0.2, 0.25) is 0 Å². The molecule has 0 heterocycles. The quantitative estimate of drug-likeness (QED) is 0.297. The lowest BCUT2D eigenvalue weighted by Gasteiger charge is -2.10. The zero-order chi connectivity index (χ0) is 22.3. The Balaban J connectivity index is 2.08. The summed E-state index contributed by atoms with van der Waals surface area (Å²) in [6.07, 6.45) is 0. The summed E-state index contributed by atoms with van der Waals surface area (Å²) in [5.74, 6) is -0.721. The van der Waals surface area contributed by atoms with Crippen LogP contribution in [-0.4, -0.2) is 36.8 Å². The number of hydrogen-bond acceptors (Lipinski definition) is 7. The maximum Gasteiger partial charge on any atom is 0.295 e. The van der Waals surface area contributed by atoms with Gasteiger partial charge in [-0.15, -0.1) is 0 Å². The lowest BCUT2D eigenvalue weighted by atomic mass is 10.1. The minimum Gasteiger partial charge on any atom is -0.322 e. The molecule has 0 aliphatic heterocycles. The Morgan fingerprint density at radius 1 is 0.933 bits per heavy atom. The van der Waals surface area contributed by atoms with Crippen LogP contribution in [0.15, 0.2) is 64.4 Å². The molecule has 0 radical (unpaired) electrons. The lowest BCUT2D eigenvalue weighted by Crippen LogP contribution is -2.12. The normalized spacial score (nSPS) is 11.9. The standard InChI is InChI=1S/C17H12N2O9S2/c20-17(11-2-1-3-13(6-11)19(21)22)18-12-5-4-10-7-14(29(23,24)25)9-16(15(10)8-12)30(26,27)28/h1-9H,(H,18,20)(H,23,24,25)(H,26,27,28). The van der Waals surface area contributed by atoms with Crippen LogP contribution in [0.4, 0.5) is 11.4 Å². The predicted octanol–water partition coefficient (Wildman–Crippen LogP) is 2.49. The summed E-state index contributed by atoms with van der Waals surface area (Å²) in [5, 5.41) is 13.2. The van der Waals surface area contributed by atoms with Gasteiger partial charge in [0.15, 0.2) is 0 Å². The van der Waals surface area contributed by atoms with Gasteiger partial charge < -0.3 is 5.32 Å². The largest absolute Gasteiger partial charge is 0.322 e. The van der Waals surface area contributed by atoms with E-state index in [0.29, 0.717) is 6.07 Å². The number of non-ortho nitro benzene ring substituents is 1. The maximum absolute atomic E-state index is 12.4. The third-order valence-electron chi connectivity index (χ3n) is 4.04. The Bertz CT molecular complexity index is 1410. The van der Waals surface area contributed by atoms with Crippen molar-refractivity contribution in [3.8, 4) is 0 Å². The van der Waals surface area contributed by atoms with Crippen LogP contribution in [0.5, 0.6) is 0 Å². The topological polar surface area (TPSA) is 181 Å². The van der Waals surface area contributed by atoms with E-state index in [1.807, 2.05) is 0 Å². The van der Waals surface area contributed by atoms with E-state index in [1.165, 1.54) is 36.4 Å². The van der Waals surface area contributed by atoms with Crippen LogP contribution < -0.4 is 5.32 Å². The molecule has 0 fully saturated rings. The fourth-order valence-corrected chi connectivity index (χ4v) is 4.05. The van der Waals surface area contributed by atoms with Gasteiger partial charge in [-0.05, 0) is 35.7 Å². The summed E-state index contributed by atoms with van der Waals surface area (Å²) < 4.78 is 64.8. The summed E-state index contributed by atoms with van der Waals surface area (Å²) in [5.41, 5.74) is -0.253. The molecule has 13 heteroatoms. The predicted molar refractivity (Wildman–Crippen MR) is 105 cm³/mol. The highest BCUT2D eigenvalue weighted by Gasteiger charge is 2.21. The number of carbonyl (C=O) groups excluding carboxylic acids is 1. The number of nitrogens with one attached hydrogen (secondary N) is 1. The van der Waals surface area contributed by atoms with Gasteiger partial charge in [0.25, 0.3) is 31.8 Å². The molecule has 3 N–H and O–H groups in total. The first-order valence-corrected chi connectivity index (χ1v) is 10.8. The van der Waals surface area contributed by atoms with E-state index < -0.39 is 40.9 Å². The van der Waals surface area contributed by atoms with Crippen LogP contribution >= 0.6 is 0 Å². The summed E-state index contributed by atoms with van der Waals surface area (Å²) >= 11 is 0. The van der Waals surface area contributed by atoms with Gasteiger partial charge in [0.1, 0.15) is 4.90 Å². The number of nitro benzene ring substituents is 1. The molecule has 156 valence electrons. The van der Waals surface area contributed by atoms with Crippen molar-refractivity contribution in [1.82, 2.24) is 0 Å². The number of fused-ring (bicyclic) bond motifs is 1. The van der Waals surface area contributed by atoms with Crippen molar-refractivity contribution in [2.75, 3.05) is 5.32 Å². The minimum atomic E-state index is -4.89. The molecular formula is C17H12N2O9S2. The fourth-order valence-electron chi connectivity index (χ4n) is 2.70. The monoisotopic (exact) mass is 452 g/mol. The van der Waals surface area contributed by atoms with Gasteiger partial charge in [-0.25, -0.2) is 0 Å². The van der Waals surface area contributed by atoms with Crippen molar-refractivity contribution >= 4 is 48.3 Å². The first kappa shape index (κ1) is 21.3.